The number of rotatable bonds is 8. The highest BCUT2D eigenvalue weighted by Gasteiger charge is 2.24. The van der Waals surface area contributed by atoms with Gasteiger partial charge in [0.25, 0.3) is 5.91 Å². The highest BCUT2D eigenvalue weighted by atomic mass is 32.2. The fourth-order valence-corrected chi connectivity index (χ4v) is 3.70. The molecule has 33 heavy (non-hydrogen) atoms. The monoisotopic (exact) mass is 469 g/mol. The minimum absolute atomic E-state index is 0.00427. The van der Waals surface area contributed by atoms with Crippen molar-refractivity contribution in [1.82, 2.24) is 45.5 Å². The number of phenolic OH excluding ortho intramolecular Hbond substituents is 1. The van der Waals surface area contributed by atoms with E-state index in [-0.39, 0.29) is 28.8 Å². The molecular formula is C18H19N11O3S. The molecule has 170 valence electrons. The Morgan fingerprint density at radius 2 is 2.06 bits per heavy atom. The van der Waals surface area contributed by atoms with E-state index >= 15 is 0 Å². The summed E-state index contributed by atoms with van der Waals surface area (Å²) in [6.07, 6.45) is 2.11. The van der Waals surface area contributed by atoms with Crippen molar-refractivity contribution in [2.75, 3.05) is 5.73 Å². The number of hydrogen-bond donors (Lipinski definition) is 3. The van der Waals surface area contributed by atoms with Crippen LogP contribution >= 0.6 is 11.8 Å². The average molecular weight is 469 g/mol. The highest BCUT2D eigenvalue weighted by molar-refractivity contribution is 7.98. The summed E-state index contributed by atoms with van der Waals surface area (Å²) in [6, 6.07) is 6.52. The molecule has 0 bridgehead atoms. The number of nitrogens with zero attached hydrogens (tertiary/aromatic N) is 9. The van der Waals surface area contributed by atoms with Gasteiger partial charge >= 0.3 is 0 Å². The Balaban J connectivity index is 1.62. The topological polar surface area (TPSA) is 188 Å². The number of hydrogen-bond acceptors (Lipinski definition) is 12. The zero-order valence-corrected chi connectivity index (χ0v) is 18.4. The quantitative estimate of drug-likeness (QED) is 0.189. The Kier molecular flexibility index (Phi) is 6.30. The van der Waals surface area contributed by atoms with Gasteiger partial charge in [-0.05, 0) is 46.6 Å². The third-order valence-electron chi connectivity index (χ3n) is 4.51. The van der Waals surface area contributed by atoms with Crippen LogP contribution in [0.15, 0.2) is 45.5 Å². The molecule has 14 nitrogen and oxygen atoms in total. The first-order valence-corrected chi connectivity index (χ1v) is 10.6. The SMILES string of the molecule is CCC(=NNC(=O)c1nnn(-c2nonc2N)c1CSc1nncn1C)c1ccc(O)cc1. The van der Waals surface area contributed by atoms with Gasteiger partial charge in [0.1, 0.15) is 12.1 Å². The van der Waals surface area contributed by atoms with Crippen molar-refractivity contribution in [3.8, 4) is 11.6 Å². The highest BCUT2D eigenvalue weighted by Crippen LogP contribution is 2.24. The van der Waals surface area contributed by atoms with Gasteiger partial charge in [-0.3, -0.25) is 4.79 Å². The van der Waals surface area contributed by atoms with E-state index in [0.29, 0.717) is 23.0 Å². The number of aromatic nitrogens is 8. The number of aromatic hydroxyl groups is 1. The first-order chi connectivity index (χ1) is 16.0. The van der Waals surface area contributed by atoms with E-state index in [0.717, 1.165) is 5.56 Å². The molecule has 0 atom stereocenters. The summed E-state index contributed by atoms with van der Waals surface area (Å²) >= 11 is 1.32. The van der Waals surface area contributed by atoms with Crippen LogP contribution in [0, 0.1) is 0 Å². The normalized spacial score (nSPS) is 11.6. The number of hydrazone groups is 1. The minimum Gasteiger partial charge on any atom is -0.508 e. The van der Waals surface area contributed by atoms with Crippen molar-refractivity contribution in [2.24, 2.45) is 12.1 Å². The molecule has 0 saturated carbocycles. The first-order valence-electron chi connectivity index (χ1n) is 9.64. The molecule has 3 heterocycles. The Morgan fingerprint density at radius 3 is 2.70 bits per heavy atom. The molecule has 0 spiro atoms. The van der Waals surface area contributed by atoms with Gasteiger partial charge in [0.05, 0.1) is 11.4 Å². The van der Waals surface area contributed by atoms with Crippen molar-refractivity contribution in [3.63, 3.8) is 0 Å². The first kappa shape index (κ1) is 21.9. The van der Waals surface area contributed by atoms with Gasteiger partial charge in [0, 0.05) is 12.8 Å². The molecule has 1 aromatic carbocycles. The molecule has 0 aliphatic heterocycles. The summed E-state index contributed by atoms with van der Waals surface area (Å²) in [5, 5.41) is 37.5. The number of carbonyl (C=O) groups excluding carboxylic acids is 1. The molecule has 0 aliphatic carbocycles. The number of benzene rings is 1. The number of amides is 1. The summed E-state index contributed by atoms with van der Waals surface area (Å²) in [6.45, 7) is 1.90. The molecule has 1 amide bonds. The number of phenols is 1. The van der Waals surface area contributed by atoms with E-state index in [1.807, 2.05) is 6.92 Å². The lowest BCUT2D eigenvalue weighted by molar-refractivity contribution is 0.0949. The predicted octanol–water partition coefficient (Wildman–Crippen LogP) is 0.903. The van der Waals surface area contributed by atoms with Crippen LogP contribution in [0.2, 0.25) is 0 Å². The maximum Gasteiger partial charge on any atom is 0.293 e. The second-order valence-corrected chi connectivity index (χ2v) is 7.63. The molecule has 3 aromatic heterocycles. The number of anilines is 1. The number of nitrogens with one attached hydrogen (secondary N) is 1. The van der Waals surface area contributed by atoms with Crippen LogP contribution < -0.4 is 11.2 Å². The van der Waals surface area contributed by atoms with Crippen LogP contribution in [0.3, 0.4) is 0 Å². The summed E-state index contributed by atoms with van der Waals surface area (Å²) in [7, 11) is 1.80. The van der Waals surface area contributed by atoms with Crippen molar-refractivity contribution in [3.05, 3.63) is 47.5 Å². The number of thioether (sulfide) groups is 1. The molecule has 15 heteroatoms. The van der Waals surface area contributed by atoms with E-state index < -0.39 is 5.91 Å². The van der Waals surface area contributed by atoms with Crippen molar-refractivity contribution >= 4 is 29.2 Å². The maximum absolute atomic E-state index is 13.0. The lowest BCUT2D eigenvalue weighted by atomic mass is 10.1. The fourth-order valence-electron chi connectivity index (χ4n) is 2.82. The number of aryl methyl sites for hydroxylation is 1. The lowest BCUT2D eigenvalue weighted by Crippen LogP contribution is -2.22. The van der Waals surface area contributed by atoms with Gasteiger partial charge < -0.3 is 15.4 Å². The maximum atomic E-state index is 13.0. The second kappa shape index (κ2) is 9.47. The zero-order valence-electron chi connectivity index (χ0n) is 17.6. The minimum atomic E-state index is -0.574. The van der Waals surface area contributed by atoms with Crippen LogP contribution in [0.25, 0.3) is 5.82 Å². The van der Waals surface area contributed by atoms with Gasteiger partial charge in [-0.15, -0.1) is 15.3 Å². The molecule has 0 aliphatic rings. The summed E-state index contributed by atoms with van der Waals surface area (Å²) in [5.41, 5.74) is 10.1. The van der Waals surface area contributed by atoms with Crippen molar-refractivity contribution in [2.45, 2.75) is 24.3 Å². The Hall–Kier alpha value is -4.27. The van der Waals surface area contributed by atoms with E-state index in [2.05, 4.69) is 46.0 Å². The van der Waals surface area contributed by atoms with Gasteiger partial charge in [-0.1, -0.05) is 23.9 Å². The number of nitrogen functional groups attached to an aromatic ring is 1. The lowest BCUT2D eigenvalue weighted by Gasteiger charge is -2.07. The summed E-state index contributed by atoms with van der Waals surface area (Å²) in [4.78, 5) is 13.0. The van der Waals surface area contributed by atoms with Crippen LogP contribution in [0.1, 0.15) is 35.1 Å². The standard InChI is InChI=1S/C18H19N11O3S/c1-3-12(10-4-6-11(30)7-5-10)21-23-17(31)14-13(8-33-18-24-20-9-28(18)2)29(27-22-14)16-15(19)25-32-26-16/h4-7,9,30H,3,8H2,1-2H3,(H2,19,25)(H,23,31). The van der Waals surface area contributed by atoms with Crippen LogP contribution in [-0.4, -0.2) is 56.8 Å². The van der Waals surface area contributed by atoms with Crippen molar-refractivity contribution in [1.29, 1.82) is 0 Å². The van der Waals surface area contributed by atoms with Gasteiger partial charge in [-0.2, -0.15) is 9.78 Å². The third-order valence-corrected chi connectivity index (χ3v) is 5.56. The largest absolute Gasteiger partial charge is 0.508 e. The molecule has 0 fully saturated rings. The van der Waals surface area contributed by atoms with E-state index in [1.165, 1.54) is 16.4 Å². The van der Waals surface area contributed by atoms with E-state index in [1.54, 1.807) is 42.2 Å². The number of carbonyl (C=O) groups is 1. The van der Waals surface area contributed by atoms with E-state index in [9.17, 15) is 9.90 Å². The molecule has 4 N–H and O–H groups in total. The fraction of sp³-hybridized carbons (Fsp3) is 0.222. The Morgan fingerprint density at radius 1 is 1.27 bits per heavy atom. The molecule has 4 aromatic rings. The molecule has 0 saturated heterocycles. The van der Waals surface area contributed by atoms with Gasteiger partial charge in [0.2, 0.25) is 11.6 Å². The summed E-state index contributed by atoms with van der Waals surface area (Å²) in [5.74, 6) is -0.0832. The zero-order chi connectivity index (χ0) is 23.4. The predicted molar refractivity (Wildman–Crippen MR) is 117 cm³/mol. The molecule has 0 radical (unpaired) electrons. The van der Waals surface area contributed by atoms with Gasteiger partial charge in [0.15, 0.2) is 10.9 Å². The molecular weight excluding hydrogens is 450 g/mol. The third kappa shape index (κ3) is 4.67. The van der Waals surface area contributed by atoms with Gasteiger partial charge in [-0.25, -0.2) is 10.1 Å². The average Bonchev–Trinajstić information content (AvgIpc) is 3.53. The second-order valence-electron chi connectivity index (χ2n) is 6.68. The molecule has 0 unspecified atom stereocenters. The summed E-state index contributed by atoms with van der Waals surface area (Å²) < 4.78 is 7.68. The van der Waals surface area contributed by atoms with Crippen LogP contribution in [0.5, 0.6) is 5.75 Å². The Bertz CT molecular complexity index is 1290. The van der Waals surface area contributed by atoms with E-state index in [4.69, 9.17) is 5.73 Å². The molecule has 4 rings (SSSR count). The van der Waals surface area contributed by atoms with Crippen LogP contribution in [0.4, 0.5) is 5.82 Å². The van der Waals surface area contributed by atoms with Crippen LogP contribution in [-0.2, 0) is 12.8 Å². The van der Waals surface area contributed by atoms with Crippen molar-refractivity contribution < 1.29 is 14.5 Å². The smallest absolute Gasteiger partial charge is 0.293 e. The Labute approximate surface area is 190 Å². The number of nitrogens with two attached hydrogens (primary N) is 1.